The van der Waals surface area contributed by atoms with E-state index in [4.69, 9.17) is 34.8 Å². The fourth-order valence-corrected chi connectivity index (χ4v) is 3.25. The first kappa shape index (κ1) is 15.0. The Morgan fingerprint density at radius 1 is 1.32 bits per heavy atom. The van der Waals surface area contributed by atoms with E-state index < -0.39 is 0 Å². The predicted octanol–water partition coefficient (Wildman–Crippen LogP) is 4.62. The van der Waals surface area contributed by atoms with Crippen LogP contribution < -0.4 is 0 Å². The molecule has 0 radical (unpaired) electrons. The number of amides is 1. The van der Waals surface area contributed by atoms with Crippen molar-refractivity contribution in [2.45, 2.75) is 31.7 Å². The molecule has 104 valence electrons. The highest BCUT2D eigenvalue weighted by molar-refractivity contribution is 6.36. The van der Waals surface area contributed by atoms with E-state index in [1.54, 1.807) is 18.2 Å². The van der Waals surface area contributed by atoms with Crippen molar-refractivity contribution in [1.82, 2.24) is 4.90 Å². The van der Waals surface area contributed by atoms with Crippen LogP contribution in [0.4, 0.5) is 0 Å². The molecule has 2 nitrogen and oxygen atoms in total. The Hall–Kier alpha value is -0.440. The molecule has 1 aromatic rings. The van der Waals surface area contributed by atoms with Gasteiger partial charge in [-0.1, -0.05) is 23.2 Å². The molecule has 0 N–H and O–H groups in total. The average Bonchev–Trinajstić information content (AvgIpc) is 2.39. The molecule has 1 fully saturated rings. The SMILES string of the molecule is O=C(c1ccc(Cl)cc1Cl)N1CCCCC1CCCl. The zero-order chi connectivity index (χ0) is 13.8. The highest BCUT2D eigenvalue weighted by Gasteiger charge is 2.28. The van der Waals surface area contributed by atoms with Crippen LogP contribution in [0.3, 0.4) is 0 Å². The van der Waals surface area contributed by atoms with Crippen LogP contribution in [0.25, 0.3) is 0 Å². The highest BCUT2D eigenvalue weighted by atomic mass is 35.5. The van der Waals surface area contributed by atoms with Crippen molar-refractivity contribution in [3.05, 3.63) is 33.8 Å². The number of alkyl halides is 1. The number of carbonyl (C=O) groups is 1. The zero-order valence-electron chi connectivity index (χ0n) is 10.5. The van der Waals surface area contributed by atoms with Crippen molar-refractivity contribution in [2.75, 3.05) is 12.4 Å². The van der Waals surface area contributed by atoms with Crippen LogP contribution in [0, 0.1) is 0 Å². The van der Waals surface area contributed by atoms with Gasteiger partial charge in [0.1, 0.15) is 0 Å². The maximum absolute atomic E-state index is 12.6. The summed E-state index contributed by atoms with van der Waals surface area (Å²) < 4.78 is 0. The summed E-state index contributed by atoms with van der Waals surface area (Å²) in [7, 11) is 0. The van der Waals surface area contributed by atoms with E-state index in [1.807, 2.05) is 4.90 Å². The number of piperidine rings is 1. The topological polar surface area (TPSA) is 20.3 Å². The van der Waals surface area contributed by atoms with Gasteiger partial charge >= 0.3 is 0 Å². The maximum Gasteiger partial charge on any atom is 0.255 e. The fraction of sp³-hybridized carbons (Fsp3) is 0.500. The minimum absolute atomic E-state index is 0.0171. The second-order valence-electron chi connectivity index (χ2n) is 4.75. The van der Waals surface area contributed by atoms with E-state index >= 15 is 0 Å². The lowest BCUT2D eigenvalue weighted by Crippen LogP contribution is -2.44. The number of benzene rings is 1. The minimum Gasteiger partial charge on any atom is -0.336 e. The van der Waals surface area contributed by atoms with E-state index in [2.05, 4.69) is 0 Å². The van der Waals surface area contributed by atoms with Gasteiger partial charge in [0.05, 0.1) is 10.6 Å². The average molecular weight is 321 g/mol. The summed E-state index contributed by atoms with van der Waals surface area (Å²) in [5, 5.41) is 0.949. The van der Waals surface area contributed by atoms with E-state index in [0.717, 1.165) is 32.2 Å². The Labute approximate surface area is 128 Å². The Morgan fingerprint density at radius 3 is 2.79 bits per heavy atom. The molecule has 5 heteroatoms. The molecule has 1 amide bonds. The monoisotopic (exact) mass is 319 g/mol. The molecule has 1 unspecified atom stereocenters. The summed E-state index contributed by atoms with van der Waals surface area (Å²) in [4.78, 5) is 14.5. The Morgan fingerprint density at radius 2 is 2.11 bits per heavy atom. The fourth-order valence-electron chi connectivity index (χ4n) is 2.51. The van der Waals surface area contributed by atoms with Gasteiger partial charge in [0.25, 0.3) is 5.91 Å². The van der Waals surface area contributed by atoms with Crippen LogP contribution in [-0.4, -0.2) is 29.3 Å². The van der Waals surface area contributed by atoms with Crippen molar-refractivity contribution in [1.29, 1.82) is 0 Å². The summed E-state index contributed by atoms with van der Waals surface area (Å²) in [6.07, 6.45) is 4.04. The molecule has 19 heavy (non-hydrogen) atoms. The van der Waals surface area contributed by atoms with Gasteiger partial charge in [-0.2, -0.15) is 0 Å². The Balaban J connectivity index is 2.21. The van der Waals surface area contributed by atoms with Crippen LogP contribution >= 0.6 is 34.8 Å². The molecular weight excluding hydrogens is 305 g/mol. The predicted molar refractivity (Wildman–Crippen MR) is 80.5 cm³/mol. The highest BCUT2D eigenvalue weighted by Crippen LogP contribution is 2.26. The summed E-state index contributed by atoms with van der Waals surface area (Å²) in [6.45, 7) is 0.777. The van der Waals surface area contributed by atoms with Crippen LogP contribution in [-0.2, 0) is 0 Å². The lowest BCUT2D eigenvalue weighted by atomic mass is 9.99. The zero-order valence-corrected chi connectivity index (χ0v) is 12.8. The Kier molecular flexibility index (Phi) is 5.37. The summed E-state index contributed by atoms with van der Waals surface area (Å²) in [5.41, 5.74) is 0.521. The van der Waals surface area contributed by atoms with Crippen molar-refractivity contribution in [2.24, 2.45) is 0 Å². The number of halogens is 3. The van der Waals surface area contributed by atoms with Gasteiger partial charge in [-0.15, -0.1) is 11.6 Å². The first-order chi connectivity index (χ1) is 9.13. The number of nitrogens with zero attached hydrogens (tertiary/aromatic N) is 1. The standard InChI is InChI=1S/C14H16Cl3NO/c15-7-6-11-3-1-2-8-18(11)14(19)12-5-4-10(16)9-13(12)17/h4-5,9,11H,1-3,6-8H2. The van der Waals surface area contributed by atoms with Crippen molar-refractivity contribution >= 4 is 40.7 Å². The van der Waals surface area contributed by atoms with Crippen molar-refractivity contribution < 1.29 is 4.79 Å². The normalized spacial score (nSPS) is 19.5. The number of carbonyl (C=O) groups excluding carboxylic acids is 1. The lowest BCUT2D eigenvalue weighted by Gasteiger charge is -2.35. The van der Waals surface area contributed by atoms with Crippen LogP contribution in [0.2, 0.25) is 10.0 Å². The van der Waals surface area contributed by atoms with Crippen LogP contribution in [0.15, 0.2) is 18.2 Å². The third-order valence-electron chi connectivity index (χ3n) is 3.49. The second-order valence-corrected chi connectivity index (χ2v) is 5.97. The van der Waals surface area contributed by atoms with Crippen molar-refractivity contribution in [3.63, 3.8) is 0 Å². The number of rotatable bonds is 3. The molecule has 1 aromatic carbocycles. The first-order valence-corrected chi connectivity index (χ1v) is 7.74. The van der Waals surface area contributed by atoms with E-state index in [0.29, 0.717) is 21.5 Å². The molecule has 2 rings (SSSR count). The lowest BCUT2D eigenvalue weighted by molar-refractivity contribution is 0.0609. The number of likely N-dealkylation sites (tertiary alicyclic amines) is 1. The van der Waals surface area contributed by atoms with Gasteiger partial charge in [-0.25, -0.2) is 0 Å². The molecule has 0 bridgehead atoms. The number of hydrogen-bond donors (Lipinski definition) is 0. The van der Waals surface area contributed by atoms with Gasteiger partial charge in [-0.3, -0.25) is 4.79 Å². The molecule has 0 aliphatic carbocycles. The molecule has 0 spiro atoms. The van der Waals surface area contributed by atoms with Gasteiger partial charge in [0.2, 0.25) is 0 Å². The van der Waals surface area contributed by atoms with E-state index in [9.17, 15) is 4.79 Å². The molecular formula is C14H16Cl3NO. The molecule has 1 atom stereocenters. The molecule has 0 aromatic heterocycles. The quantitative estimate of drug-likeness (QED) is 0.744. The number of hydrogen-bond acceptors (Lipinski definition) is 1. The Bertz CT molecular complexity index is 462. The van der Waals surface area contributed by atoms with Crippen molar-refractivity contribution in [3.8, 4) is 0 Å². The molecule has 1 aliphatic heterocycles. The molecule has 0 saturated carbocycles. The van der Waals surface area contributed by atoms with Crippen LogP contribution in [0.1, 0.15) is 36.0 Å². The third-order valence-corrected chi connectivity index (χ3v) is 4.26. The third kappa shape index (κ3) is 3.56. The molecule has 1 saturated heterocycles. The van der Waals surface area contributed by atoms with Gasteiger partial charge in [0, 0.05) is 23.5 Å². The van der Waals surface area contributed by atoms with E-state index in [-0.39, 0.29) is 11.9 Å². The largest absolute Gasteiger partial charge is 0.336 e. The van der Waals surface area contributed by atoms with Gasteiger partial charge < -0.3 is 4.90 Å². The minimum atomic E-state index is -0.0171. The first-order valence-electron chi connectivity index (χ1n) is 6.45. The summed E-state index contributed by atoms with van der Waals surface area (Å²) in [6, 6.07) is 5.22. The summed E-state index contributed by atoms with van der Waals surface area (Å²) >= 11 is 17.8. The van der Waals surface area contributed by atoms with Crippen LogP contribution in [0.5, 0.6) is 0 Å². The van der Waals surface area contributed by atoms with Gasteiger partial charge in [0.15, 0.2) is 0 Å². The smallest absolute Gasteiger partial charge is 0.255 e. The summed E-state index contributed by atoms with van der Waals surface area (Å²) in [5.74, 6) is 0.555. The maximum atomic E-state index is 12.6. The van der Waals surface area contributed by atoms with Gasteiger partial charge in [-0.05, 0) is 43.9 Å². The molecule has 1 aliphatic rings. The van der Waals surface area contributed by atoms with E-state index in [1.165, 1.54) is 0 Å². The molecule has 1 heterocycles. The second kappa shape index (κ2) is 6.83.